The lowest BCUT2D eigenvalue weighted by atomic mass is 10.1. The summed E-state index contributed by atoms with van der Waals surface area (Å²) in [5, 5.41) is 11.9. The number of nitriles is 1. The van der Waals surface area contributed by atoms with Crippen molar-refractivity contribution in [2.45, 2.75) is 6.61 Å². The maximum absolute atomic E-state index is 8.75. The van der Waals surface area contributed by atoms with Gasteiger partial charge in [0.25, 0.3) is 0 Å². The van der Waals surface area contributed by atoms with E-state index in [4.69, 9.17) is 10.00 Å². The zero-order valence-corrected chi connectivity index (χ0v) is 15.7. The molecule has 0 atom stereocenters. The van der Waals surface area contributed by atoms with Crippen LogP contribution in [0.1, 0.15) is 5.56 Å². The smallest absolute Gasteiger partial charge is 0.183 e. The Hall–Kier alpha value is -3.23. The molecule has 27 heavy (non-hydrogen) atoms. The van der Waals surface area contributed by atoms with Crippen molar-refractivity contribution in [3.63, 3.8) is 0 Å². The first kappa shape index (κ1) is 18.6. The van der Waals surface area contributed by atoms with E-state index in [-0.39, 0.29) is 0 Å². The monoisotopic (exact) mass is 373 g/mol. The number of hydrogen-bond donors (Lipinski definition) is 1. The lowest BCUT2D eigenvalue weighted by Gasteiger charge is -2.08. The van der Waals surface area contributed by atoms with Crippen LogP contribution in [0.25, 0.3) is 11.1 Å². The van der Waals surface area contributed by atoms with Crippen LogP contribution in [0, 0.1) is 11.5 Å². The average Bonchev–Trinajstić information content (AvgIpc) is 2.73. The topological polar surface area (TPSA) is 57.4 Å². The van der Waals surface area contributed by atoms with Crippen LogP contribution >= 0.6 is 11.8 Å². The Bertz CT molecular complexity index is 947. The zero-order valence-electron chi connectivity index (χ0n) is 14.9. The molecule has 0 aliphatic heterocycles. The van der Waals surface area contributed by atoms with Crippen LogP contribution in [-0.4, -0.2) is 11.4 Å². The minimum Gasteiger partial charge on any atom is -0.489 e. The van der Waals surface area contributed by atoms with Gasteiger partial charge in [0.15, 0.2) is 11.4 Å². The van der Waals surface area contributed by atoms with Crippen LogP contribution in [0.2, 0.25) is 0 Å². The van der Waals surface area contributed by atoms with Gasteiger partial charge in [-0.15, -0.1) is 0 Å². The summed E-state index contributed by atoms with van der Waals surface area (Å²) in [6, 6.07) is 26.0. The SMILES string of the molecule is CSC(=Nc1cccc(-c2ccc(OCc3ccccc3)cc2)c1)NC#N. The first-order valence-electron chi connectivity index (χ1n) is 8.43. The van der Waals surface area contributed by atoms with Crippen LogP contribution < -0.4 is 10.1 Å². The molecule has 3 rings (SSSR count). The predicted molar refractivity (Wildman–Crippen MR) is 112 cm³/mol. The fourth-order valence-electron chi connectivity index (χ4n) is 2.53. The molecule has 0 aliphatic rings. The highest BCUT2D eigenvalue weighted by molar-refractivity contribution is 8.13. The van der Waals surface area contributed by atoms with Crippen LogP contribution in [0.4, 0.5) is 5.69 Å². The summed E-state index contributed by atoms with van der Waals surface area (Å²) < 4.78 is 5.84. The second kappa shape index (κ2) is 9.46. The summed E-state index contributed by atoms with van der Waals surface area (Å²) in [5.74, 6) is 0.833. The van der Waals surface area contributed by atoms with Crippen LogP contribution in [0.5, 0.6) is 5.75 Å². The number of benzene rings is 3. The van der Waals surface area contributed by atoms with Gasteiger partial charge in [0, 0.05) is 0 Å². The van der Waals surface area contributed by atoms with Crippen molar-refractivity contribution in [2.24, 2.45) is 4.99 Å². The molecule has 0 fully saturated rings. The number of hydrogen-bond acceptors (Lipinski definition) is 4. The lowest BCUT2D eigenvalue weighted by molar-refractivity contribution is 0.306. The van der Waals surface area contributed by atoms with Gasteiger partial charge in [-0.05, 0) is 47.2 Å². The number of rotatable bonds is 5. The molecule has 0 saturated carbocycles. The average molecular weight is 373 g/mol. The molecular formula is C22H19N3OS. The summed E-state index contributed by atoms with van der Waals surface area (Å²) in [4.78, 5) is 4.45. The number of nitrogens with zero attached hydrogens (tertiary/aromatic N) is 2. The van der Waals surface area contributed by atoms with Gasteiger partial charge in [-0.1, -0.05) is 66.4 Å². The van der Waals surface area contributed by atoms with Crippen LogP contribution in [-0.2, 0) is 6.61 Å². The van der Waals surface area contributed by atoms with E-state index in [1.54, 1.807) is 0 Å². The summed E-state index contributed by atoms with van der Waals surface area (Å²) in [6.45, 7) is 0.549. The van der Waals surface area contributed by atoms with Crippen molar-refractivity contribution >= 4 is 22.6 Å². The fraction of sp³-hybridized carbons (Fsp3) is 0.0909. The third kappa shape index (κ3) is 5.37. The minimum atomic E-state index is 0.549. The van der Waals surface area contributed by atoms with Gasteiger partial charge in [-0.25, -0.2) is 4.99 Å². The van der Waals surface area contributed by atoms with Crippen molar-refractivity contribution in [1.29, 1.82) is 5.26 Å². The summed E-state index contributed by atoms with van der Waals surface area (Å²) in [6.07, 6.45) is 3.78. The van der Waals surface area contributed by atoms with Gasteiger partial charge >= 0.3 is 0 Å². The Labute approximate surface area is 163 Å². The van der Waals surface area contributed by atoms with E-state index in [1.807, 2.05) is 91.3 Å². The molecule has 1 N–H and O–H groups in total. The number of ether oxygens (including phenoxy) is 1. The third-order valence-electron chi connectivity index (χ3n) is 3.87. The Balaban J connectivity index is 1.71. The number of thioether (sulfide) groups is 1. The largest absolute Gasteiger partial charge is 0.489 e. The molecule has 0 aliphatic carbocycles. The maximum Gasteiger partial charge on any atom is 0.183 e. The van der Waals surface area contributed by atoms with E-state index in [0.717, 1.165) is 28.1 Å². The van der Waals surface area contributed by atoms with E-state index < -0.39 is 0 Å². The van der Waals surface area contributed by atoms with Gasteiger partial charge in [0.1, 0.15) is 12.4 Å². The molecule has 0 spiro atoms. The highest BCUT2D eigenvalue weighted by Gasteiger charge is 2.02. The van der Waals surface area contributed by atoms with Crippen molar-refractivity contribution < 1.29 is 4.74 Å². The van der Waals surface area contributed by atoms with Gasteiger partial charge in [0.05, 0.1) is 5.69 Å². The van der Waals surface area contributed by atoms with Gasteiger partial charge in [-0.2, -0.15) is 5.26 Å². The van der Waals surface area contributed by atoms with Gasteiger partial charge in [0.2, 0.25) is 0 Å². The fourth-order valence-corrected chi connectivity index (χ4v) is 2.87. The number of aliphatic imine (C=N–C) groups is 1. The maximum atomic E-state index is 8.75. The van der Waals surface area contributed by atoms with Gasteiger partial charge < -0.3 is 4.74 Å². The molecule has 134 valence electrons. The molecule has 0 saturated heterocycles. The predicted octanol–water partition coefficient (Wildman–Crippen LogP) is 5.35. The van der Waals surface area contributed by atoms with E-state index >= 15 is 0 Å². The van der Waals surface area contributed by atoms with Crippen molar-refractivity contribution in [2.75, 3.05) is 6.26 Å². The quantitative estimate of drug-likeness (QED) is 0.283. The second-order valence-electron chi connectivity index (χ2n) is 5.71. The Morgan fingerprint density at radius 2 is 1.78 bits per heavy atom. The normalized spacial score (nSPS) is 10.9. The lowest BCUT2D eigenvalue weighted by Crippen LogP contribution is -2.12. The van der Waals surface area contributed by atoms with E-state index in [1.165, 1.54) is 11.8 Å². The molecule has 5 heteroatoms. The van der Waals surface area contributed by atoms with Crippen molar-refractivity contribution in [3.05, 3.63) is 84.4 Å². The second-order valence-corrected chi connectivity index (χ2v) is 6.50. The number of nitrogens with one attached hydrogen (secondary N) is 1. The minimum absolute atomic E-state index is 0.549. The summed E-state index contributed by atoms with van der Waals surface area (Å²) >= 11 is 1.40. The molecule has 0 unspecified atom stereocenters. The first-order chi connectivity index (χ1) is 13.3. The van der Waals surface area contributed by atoms with Gasteiger partial charge in [-0.3, -0.25) is 5.32 Å². The van der Waals surface area contributed by atoms with Crippen molar-refractivity contribution in [3.8, 4) is 23.1 Å². The molecule has 3 aromatic carbocycles. The zero-order chi connectivity index (χ0) is 18.9. The molecule has 0 bridgehead atoms. The van der Waals surface area contributed by atoms with Crippen molar-refractivity contribution in [1.82, 2.24) is 5.32 Å². The molecular weight excluding hydrogens is 354 g/mol. The highest BCUT2D eigenvalue weighted by Crippen LogP contribution is 2.26. The third-order valence-corrected chi connectivity index (χ3v) is 4.45. The molecule has 3 aromatic rings. The first-order valence-corrected chi connectivity index (χ1v) is 9.66. The molecule has 0 heterocycles. The molecule has 0 aromatic heterocycles. The Morgan fingerprint density at radius 1 is 1.00 bits per heavy atom. The summed E-state index contributed by atoms with van der Waals surface area (Å²) in [5.41, 5.74) is 4.08. The number of amidine groups is 1. The molecule has 4 nitrogen and oxygen atoms in total. The van der Waals surface area contributed by atoms with E-state index in [0.29, 0.717) is 11.8 Å². The van der Waals surface area contributed by atoms with Crippen LogP contribution in [0.3, 0.4) is 0 Å². The Morgan fingerprint density at radius 3 is 2.48 bits per heavy atom. The van der Waals surface area contributed by atoms with E-state index in [9.17, 15) is 0 Å². The van der Waals surface area contributed by atoms with E-state index in [2.05, 4.69) is 10.3 Å². The highest BCUT2D eigenvalue weighted by atomic mass is 32.2. The van der Waals surface area contributed by atoms with Crippen LogP contribution in [0.15, 0.2) is 83.9 Å². The Kier molecular flexibility index (Phi) is 6.50. The molecule has 0 amide bonds. The standard InChI is InChI=1S/C22H19N3OS/c1-27-22(24-16-23)25-20-9-5-8-19(14-20)18-10-12-21(13-11-18)26-15-17-6-3-2-4-7-17/h2-14H,15H2,1H3,(H,24,25). The summed E-state index contributed by atoms with van der Waals surface area (Å²) in [7, 11) is 0. The molecule has 0 radical (unpaired) electrons.